The van der Waals surface area contributed by atoms with E-state index >= 15 is 0 Å². The van der Waals surface area contributed by atoms with Gasteiger partial charge in [-0.15, -0.1) is 11.3 Å². The average molecular weight is 365 g/mol. The first-order chi connectivity index (χ1) is 12.1. The number of amides is 1. The van der Waals surface area contributed by atoms with E-state index in [9.17, 15) is 9.59 Å². The van der Waals surface area contributed by atoms with Crippen molar-refractivity contribution in [1.29, 1.82) is 0 Å². The zero-order chi connectivity index (χ0) is 17.8. The van der Waals surface area contributed by atoms with Crippen LogP contribution in [0.3, 0.4) is 0 Å². The molecule has 0 spiro atoms. The summed E-state index contributed by atoms with van der Waals surface area (Å²) in [5.74, 6) is 0.292. The second kappa shape index (κ2) is 8.32. The highest BCUT2D eigenvalue weighted by atomic mass is 32.1. The lowest BCUT2D eigenvalue weighted by molar-refractivity contribution is -0.117. The average Bonchev–Trinajstić information content (AvgIpc) is 2.92. The third kappa shape index (κ3) is 4.42. The van der Waals surface area contributed by atoms with E-state index < -0.39 is 0 Å². The van der Waals surface area contributed by atoms with Crippen LogP contribution in [0.5, 0.6) is 0 Å². The Hall–Kier alpha value is -1.40. The number of piperidine rings is 1. The largest absolute Gasteiger partial charge is 0.462 e. The molecule has 1 saturated heterocycles. The Balaban J connectivity index is 1.77. The van der Waals surface area contributed by atoms with Gasteiger partial charge >= 0.3 is 5.97 Å². The van der Waals surface area contributed by atoms with Crippen molar-refractivity contribution in [3.8, 4) is 0 Å². The van der Waals surface area contributed by atoms with Crippen molar-refractivity contribution in [2.75, 3.05) is 31.6 Å². The molecule has 2 heterocycles. The molecule has 0 unspecified atom stereocenters. The molecule has 0 saturated carbocycles. The highest BCUT2D eigenvalue weighted by molar-refractivity contribution is 7.17. The zero-order valence-corrected chi connectivity index (χ0v) is 16.0. The molecule has 2 aliphatic rings. The standard InChI is InChI=1S/C19H28N2O3S/c1-3-24-19(23)17-14-8-7-13(2)11-15(14)25-18(17)20-16(22)12-21-9-5-4-6-10-21/h13H,3-12H2,1-2H3,(H,20,22)/t13-/m0/s1. The molecule has 1 aliphatic carbocycles. The van der Waals surface area contributed by atoms with E-state index in [0.29, 0.717) is 29.6 Å². The highest BCUT2D eigenvalue weighted by Gasteiger charge is 2.29. The summed E-state index contributed by atoms with van der Waals surface area (Å²) < 4.78 is 5.26. The van der Waals surface area contributed by atoms with Gasteiger partial charge in [-0.1, -0.05) is 13.3 Å². The van der Waals surface area contributed by atoms with Gasteiger partial charge in [-0.2, -0.15) is 0 Å². The number of esters is 1. The first-order valence-corrected chi connectivity index (χ1v) is 10.2. The summed E-state index contributed by atoms with van der Waals surface area (Å²) in [7, 11) is 0. The Kier molecular flexibility index (Phi) is 6.12. The number of nitrogens with zero attached hydrogens (tertiary/aromatic N) is 1. The summed E-state index contributed by atoms with van der Waals surface area (Å²) in [6, 6.07) is 0. The molecule has 1 N–H and O–H groups in total. The Morgan fingerprint density at radius 2 is 2.04 bits per heavy atom. The van der Waals surface area contributed by atoms with Crippen LogP contribution in [0.2, 0.25) is 0 Å². The predicted octanol–water partition coefficient (Wildman–Crippen LogP) is 3.47. The first-order valence-electron chi connectivity index (χ1n) is 9.42. The minimum absolute atomic E-state index is 0.0286. The first kappa shape index (κ1) is 18.4. The summed E-state index contributed by atoms with van der Waals surface area (Å²) in [4.78, 5) is 28.4. The summed E-state index contributed by atoms with van der Waals surface area (Å²) in [6.45, 7) is 6.77. The van der Waals surface area contributed by atoms with Crippen LogP contribution < -0.4 is 5.32 Å². The third-order valence-corrected chi connectivity index (χ3v) is 6.23. The Morgan fingerprint density at radius 1 is 1.28 bits per heavy atom. The van der Waals surface area contributed by atoms with Crippen LogP contribution >= 0.6 is 11.3 Å². The van der Waals surface area contributed by atoms with Crippen molar-refractivity contribution >= 4 is 28.2 Å². The third-order valence-electron chi connectivity index (χ3n) is 5.06. The molecule has 0 bridgehead atoms. The summed E-state index contributed by atoms with van der Waals surface area (Å²) >= 11 is 1.56. The number of thiophene rings is 1. The number of hydrogen-bond acceptors (Lipinski definition) is 5. The molecule has 25 heavy (non-hydrogen) atoms. The Bertz CT molecular complexity index is 635. The molecular formula is C19H28N2O3S. The lowest BCUT2D eigenvalue weighted by Crippen LogP contribution is -2.36. The lowest BCUT2D eigenvalue weighted by atomic mass is 9.88. The SMILES string of the molecule is CCOC(=O)c1c(NC(=O)CN2CCCCC2)sc2c1CC[C@H](C)C2. The number of anilines is 1. The van der Waals surface area contributed by atoms with Gasteiger partial charge in [0.25, 0.3) is 0 Å². The van der Waals surface area contributed by atoms with Gasteiger partial charge in [-0.05, 0) is 63.6 Å². The van der Waals surface area contributed by atoms with Crippen LogP contribution in [0.1, 0.15) is 60.3 Å². The number of ether oxygens (including phenoxy) is 1. The molecular weight excluding hydrogens is 336 g/mol. The molecule has 5 nitrogen and oxygen atoms in total. The Labute approximate surface area is 153 Å². The second-order valence-corrected chi connectivity index (χ2v) is 8.27. The lowest BCUT2D eigenvalue weighted by Gasteiger charge is -2.25. The smallest absolute Gasteiger partial charge is 0.341 e. The molecule has 1 aliphatic heterocycles. The maximum Gasteiger partial charge on any atom is 0.341 e. The van der Waals surface area contributed by atoms with Gasteiger partial charge in [0, 0.05) is 4.88 Å². The van der Waals surface area contributed by atoms with Crippen LogP contribution in [0.4, 0.5) is 5.00 Å². The highest BCUT2D eigenvalue weighted by Crippen LogP contribution is 2.40. The van der Waals surface area contributed by atoms with E-state index in [2.05, 4.69) is 17.1 Å². The second-order valence-electron chi connectivity index (χ2n) is 7.16. The van der Waals surface area contributed by atoms with Crippen LogP contribution in [0, 0.1) is 5.92 Å². The molecule has 1 fully saturated rings. The molecule has 0 radical (unpaired) electrons. The van der Waals surface area contributed by atoms with Crippen molar-refractivity contribution in [2.45, 2.75) is 52.4 Å². The van der Waals surface area contributed by atoms with Gasteiger partial charge < -0.3 is 10.1 Å². The maximum absolute atomic E-state index is 12.5. The van der Waals surface area contributed by atoms with Gasteiger partial charge in [0.2, 0.25) is 5.91 Å². The molecule has 1 atom stereocenters. The fourth-order valence-corrected chi connectivity index (χ4v) is 5.16. The normalized spacial score (nSPS) is 20.8. The number of carbonyl (C=O) groups is 2. The molecule has 6 heteroatoms. The number of nitrogens with one attached hydrogen (secondary N) is 1. The number of carbonyl (C=O) groups excluding carboxylic acids is 2. The van der Waals surface area contributed by atoms with Gasteiger partial charge in [-0.25, -0.2) is 4.79 Å². The van der Waals surface area contributed by atoms with E-state index in [1.54, 1.807) is 11.3 Å². The fraction of sp³-hybridized carbons (Fsp3) is 0.684. The van der Waals surface area contributed by atoms with Crippen LogP contribution in [0.25, 0.3) is 0 Å². The van der Waals surface area contributed by atoms with E-state index in [4.69, 9.17) is 4.74 Å². The predicted molar refractivity (Wildman–Crippen MR) is 100 cm³/mol. The molecule has 1 aromatic rings. The fourth-order valence-electron chi connectivity index (χ4n) is 3.74. The van der Waals surface area contributed by atoms with E-state index in [1.807, 2.05) is 6.92 Å². The van der Waals surface area contributed by atoms with Gasteiger partial charge in [0.15, 0.2) is 0 Å². The topological polar surface area (TPSA) is 58.6 Å². The number of likely N-dealkylation sites (tertiary alicyclic amines) is 1. The summed E-state index contributed by atoms with van der Waals surface area (Å²) in [6.07, 6.45) is 6.52. The number of hydrogen-bond donors (Lipinski definition) is 1. The molecule has 1 amide bonds. The number of fused-ring (bicyclic) bond motifs is 1. The Morgan fingerprint density at radius 3 is 2.76 bits per heavy atom. The van der Waals surface area contributed by atoms with E-state index in [-0.39, 0.29) is 11.9 Å². The molecule has 1 aromatic heterocycles. The molecule has 3 rings (SSSR count). The van der Waals surface area contributed by atoms with Crippen molar-refractivity contribution < 1.29 is 14.3 Å². The minimum Gasteiger partial charge on any atom is -0.462 e. The molecule has 0 aromatic carbocycles. The maximum atomic E-state index is 12.5. The van der Waals surface area contributed by atoms with Crippen molar-refractivity contribution in [3.05, 3.63) is 16.0 Å². The van der Waals surface area contributed by atoms with Crippen LogP contribution in [0.15, 0.2) is 0 Å². The van der Waals surface area contributed by atoms with Crippen LogP contribution in [-0.2, 0) is 22.4 Å². The molecule has 138 valence electrons. The number of rotatable bonds is 5. The van der Waals surface area contributed by atoms with Crippen molar-refractivity contribution in [2.24, 2.45) is 5.92 Å². The minimum atomic E-state index is -0.303. The van der Waals surface area contributed by atoms with Crippen molar-refractivity contribution in [1.82, 2.24) is 4.90 Å². The zero-order valence-electron chi connectivity index (χ0n) is 15.2. The summed E-state index contributed by atoms with van der Waals surface area (Å²) in [5, 5.41) is 3.69. The van der Waals surface area contributed by atoms with Gasteiger partial charge in [0.1, 0.15) is 5.00 Å². The quantitative estimate of drug-likeness (QED) is 0.813. The van der Waals surface area contributed by atoms with E-state index in [0.717, 1.165) is 50.8 Å². The van der Waals surface area contributed by atoms with Gasteiger partial charge in [-0.3, -0.25) is 9.69 Å². The monoisotopic (exact) mass is 364 g/mol. The van der Waals surface area contributed by atoms with Crippen LogP contribution in [-0.4, -0.2) is 43.0 Å². The van der Waals surface area contributed by atoms with Crippen molar-refractivity contribution in [3.63, 3.8) is 0 Å². The van der Waals surface area contributed by atoms with Gasteiger partial charge in [0.05, 0.1) is 18.7 Å². The van der Waals surface area contributed by atoms with E-state index in [1.165, 1.54) is 11.3 Å². The summed E-state index contributed by atoms with van der Waals surface area (Å²) in [5.41, 5.74) is 1.69.